The first-order valence-corrected chi connectivity index (χ1v) is 7.91. The fraction of sp³-hybridized carbons (Fsp3) is 0.647. The molecule has 0 bridgehead atoms. The molecule has 0 spiro atoms. The van der Waals surface area contributed by atoms with Crippen molar-refractivity contribution in [1.82, 2.24) is 10.2 Å². The Hall–Kier alpha value is -0.900. The molecule has 1 heterocycles. The number of nitrogens with one attached hydrogen (secondary N) is 1. The number of nitrogens with zero attached hydrogens (tertiary/aromatic N) is 1. The first-order chi connectivity index (χ1) is 9.86. The maximum atomic E-state index is 5.67. The minimum absolute atomic E-state index is 0.450. The summed E-state index contributed by atoms with van der Waals surface area (Å²) >= 11 is 0. The molecule has 1 aliphatic heterocycles. The van der Waals surface area contributed by atoms with Crippen LogP contribution in [0.15, 0.2) is 30.3 Å². The molecule has 3 atom stereocenters. The third-order valence-corrected chi connectivity index (χ3v) is 4.80. The van der Waals surface area contributed by atoms with E-state index in [4.69, 9.17) is 4.74 Å². The number of hydrogen-bond acceptors (Lipinski definition) is 3. The highest BCUT2D eigenvalue weighted by Crippen LogP contribution is 2.27. The van der Waals surface area contributed by atoms with Crippen molar-refractivity contribution >= 4 is 0 Å². The van der Waals surface area contributed by atoms with E-state index in [0.29, 0.717) is 18.2 Å². The van der Waals surface area contributed by atoms with E-state index >= 15 is 0 Å². The summed E-state index contributed by atoms with van der Waals surface area (Å²) in [7, 11) is 1.87. The summed E-state index contributed by atoms with van der Waals surface area (Å²) in [5, 5.41) is 3.67. The summed E-state index contributed by atoms with van der Waals surface area (Å²) in [5.74, 6) is 0. The van der Waals surface area contributed by atoms with Gasteiger partial charge in [-0.15, -0.1) is 0 Å². The van der Waals surface area contributed by atoms with Crippen molar-refractivity contribution in [3.05, 3.63) is 35.9 Å². The van der Waals surface area contributed by atoms with Gasteiger partial charge < -0.3 is 10.1 Å². The van der Waals surface area contributed by atoms with E-state index in [-0.39, 0.29) is 0 Å². The number of rotatable bonds is 4. The van der Waals surface area contributed by atoms with Crippen LogP contribution in [0, 0.1) is 0 Å². The van der Waals surface area contributed by atoms with Crippen molar-refractivity contribution in [3.63, 3.8) is 0 Å². The second-order valence-electron chi connectivity index (χ2n) is 6.11. The summed E-state index contributed by atoms with van der Waals surface area (Å²) in [6.45, 7) is 3.42. The lowest BCUT2D eigenvalue weighted by molar-refractivity contribution is 0.0211. The second kappa shape index (κ2) is 6.70. The van der Waals surface area contributed by atoms with Gasteiger partial charge in [0, 0.05) is 38.8 Å². The lowest BCUT2D eigenvalue weighted by Crippen LogP contribution is -2.56. The Bertz CT molecular complexity index is 409. The Morgan fingerprint density at radius 1 is 1.25 bits per heavy atom. The van der Waals surface area contributed by atoms with Crippen LogP contribution in [0.3, 0.4) is 0 Å². The molecule has 3 unspecified atom stereocenters. The number of benzene rings is 1. The van der Waals surface area contributed by atoms with E-state index in [1.54, 1.807) is 0 Å². The average molecular weight is 274 g/mol. The van der Waals surface area contributed by atoms with Crippen LogP contribution in [0.4, 0.5) is 0 Å². The van der Waals surface area contributed by atoms with Crippen LogP contribution in [0.1, 0.15) is 24.8 Å². The predicted octanol–water partition coefficient (Wildman–Crippen LogP) is 2.07. The maximum absolute atomic E-state index is 5.67. The lowest BCUT2D eigenvalue weighted by atomic mass is 10.0. The molecular formula is C17H26N2O. The Morgan fingerprint density at radius 3 is 2.90 bits per heavy atom. The van der Waals surface area contributed by atoms with Crippen LogP contribution in [-0.4, -0.2) is 49.8 Å². The Morgan fingerprint density at radius 2 is 2.10 bits per heavy atom. The van der Waals surface area contributed by atoms with Crippen LogP contribution in [-0.2, 0) is 11.2 Å². The third kappa shape index (κ3) is 3.22. The summed E-state index contributed by atoms with van der Waals surface area (Å²) in [4.78, 5) is 2.66. The van der Waals surface area contributed by atoms with Crippen LogP contribution in [0.25, 0.3) is 0 Å². The lowest BCUT2D eigenvalue weighted by Gasteiger charge is -2.39. The Kier molecular flexibility index (Phi) is 4.71. The molecular weight excluding hydrogens is 248 g/mol. The van der Waals surface area contributed by atoms with Gasteiger partial charge in [0.15, 0.2) is 0 Å². The van der Waals surface area contributed by atoms with Gasteiger partial charge in [-0.3, -0.25) is 4.90 Å². The molecule has 1 aromatic carbocycles. The molecule has 1 N–H and O–H groups in total. The smallest absolute Gasteiger partial charge is 0.0726 e. The van der Waals surface area contributed by atoms with Crippen LogP contribution in [0.5, 0.6) is 0 Å². The monoisotopic (exact) mass is 274 g/mol. The highest BCUT2D eigenvalue weighted by atomic mass is 16.5. The zero-order chi connectivity index (χ0) is 13.8. The standard InChI is InChI=1S/C17H26N2O/c1-20-17-9-5-8-16(17)19-11-10-18-15(13-19)12-14-6-3-2-4-7-14/h2-4,6-7,15-18H,5,8-13H2,1H3. The molecule has 2 fully saturated rings. The highest BCUT2D eigenvalue weighted by molar-refractivity contribution is 5.16. The normalized spacial score (nSPS) is 31.6. The van der Waals surface area contributed by atoms with Crippen molar-refractivity contribution in [3.8, 4) is 0 Å². The maximum Gasteiger partial charge on any atom is 0.0726 e. The topological polar surface area (TPSA) is 24.5 Å². The van der Waals surface area contributed by atoms with E-state index < -0.39 is 0 Å². The van der Waals surface area contributed by atoms with E-state index in [9.17, 15) is 0 Å². The summed E-state index contributed by atoms with van der Waals surface area (Å²) in [6.07, 6.45) is 5.42. The molecule has 0 aromatic heterocycles. The zero-order valence-electron chi connectivity index (χ0n) is 12.4. The minimum Gasteiger partial charge on any atom is -0.380 e. The van der Waals surface area contributed by atoms with Gasteiger partial charge in [-0.2, -0.15) is 0 Å². The van der Waals surface area contributed by atoms with Gasteiger partial charge in [-0.1, -0.05) is 30.3 Å². The van der Waals surface area contributed by atoms with Crippen molar-refractivity contribution in [2.24, 2.45) is 0 Å². The van der Waals surface area contributed by atoms with Crippen molar-refractivity contribution in [1.29, 1.82) is 0 Å². The number of ether oxygens (including phenoxy) is 1. The van der Waals surface area contributed by atoms with Crippen molar-refractivity contribution in [2.75, 3.05) is 26.7 Å². The fourth-order valence-electron chi connectivity index (χ4n) is 3.79. The molecule has 1 aromatic rings. The molecule has 3 heteroatoms. The predicted molar refractivity (Wildman–Crippen MR) is 81.9 cm³/mol. The van der Waals surface area contributed by atoms with E-state index in [0.717, 1.165) is 26.1 Å². The largest absolute Gasteiger partial charge is 0.380 e. The molecule has 20 heavy (non-hydrogen) atoms. The molecule has 0 radical (unpaired) electrons. The minimum atomic E-state index is 0.450. The average Bonchev–Trinajstić information content (AvgIpc) is 2.97. The van der Waals surface area contributed by atoms with Crippen LogP contribution >= 0.6 is 0 Å². The van der Waals surface area contributed by atoms with Crippen LogP contribution < -0.4 is 5.32 Å². The highest BCUT2D eigenvalue weighted by Gasteiger charge is 2.34. The molecule has 2 aliphatic rings. The Labute approximate surface area is 122 Å². The molecule has 1 saturated carbocycles. The quantitative estimate of drug-likeness (QED) is 0.909. The van der Waals surface area contributed by atoms with Crippen molar-refractivity contribution in [2.45, 2.75) is 43.9 Å². The second-order valence-corrected chi connectivity index (χ2v) is 6.11. The first-order valence-electron chi connectivity index (χ1n) is 7.91. The molecule has 110 valence electrons. The summed E-state index contributed by atoms with van der Waals surface area (Å²) < 4.78 is 5.67. The van der Waals surface area contributed by atoms with Gasteiger partial charge in [0.25, 0.3) is 0 Å². The first kappa shape index (κ1) is 14.1. The van der Waals surface area contributed by atoms with Crippen LogP contribution in [0.2, 0.25) is 0 Å². The molecule has 1 saturated heterocycles. The molecule has 3 rings (SSSR count). The van der Waals surface area contributed by atoms with Gasteiger partial charge in [-0.05, 0) is 31.2 Å². The number of piperazine rings is 1. The van der Waals surface area contributed by atoms with Gasteiger partial charge in [0.05, 0.1) is 6.10 Å². The van der Waals surface area contributed by atoms with Gasteiger partial charge in [-0.25, -0.2) is 0 Å². The molecule has 1 aliphatic carbocycles. The summed E-state index contributed by atoms with van der Waals surface area (Å²) in [6, 6.07) is 12.0. The number of hydrogen-bond donors (Lipinski definition) is 1. The molecule has 0 amide bonds. The van der Waals surface area contributed by atoms with Crippen molar-refractivity contribution < 1.29 is 4.74 Å². The van der Waals surface area contributed by atoms with E-state index in [1.165, 1.54) is 24.8 Å². The van der Waals surface area contributed by atoms with Gasteiger partial charge in [0.1, 0.15) is 0 Å². The number of methoxy groups -OCH3 is 1. The molecule has 3 nitrogen and oxygen atoms in total. The van der Waals surface area contributed by atoms with Gasteiger partial charge in [0.2, 0.25) is 0 Å². The fourth-order valence-corrected chi connectivity index (χ4v) is 3.79. The van der Waals surface area contributed by atoms with E-state index in [2.05, 4.69) is 40.5 Å². The van der Waals surface area contributed by atoms with E-state index in [1.807, 2.05) is 7.11 Å². The zero-order valence-corrected chi connectivity index (χ0v) is 12.4. The summed E-state index contributed by atoms with van der Waals surface area (Å²) in [5.41, 5.74) is 1.43. The SMILES string of the molecule is COC1CCCC1N1CCNC(Cc2ccccc2)C1. The van der Waals surface area contributed by atoms with Gasteiger partial charge >= 0.3 is 0 Å². The third-order valence-electron chi connectivity index (χ3n) is 4.80. The Balaban J connectivity index is 1.59.